The molecule has 21 heavy (non-hydrogen) atoms. The molecule has 0 aliphatic rings. The van der Waals surface area contributed by atoms with Crippen LogP contribution in [0.25, 0.3) is 10.8 Å². The van der Waals surface area contributed by atoms with E-state index in [1.54, 1.807) is 7.11 Å². The van der Waals surface area contributed by atoms with Crippen LogP contribution in [0.3, 0.4) is 0 Å². The van der Waals surface area contributed by atoms with Gasteiger partial charge in [-0.25, -0.2) is 0 Å². The number of halogens is 1. The van der Waals surface area contributed by atoms with Gasteiger partial charge in [0.05, 0.1) is 7.11 Å². The predicted molar refractivity (Wildman–Crippen MR) is 88.7 cm³/mol. The van der Waals surface area contributed by atoms with Gasteiger partial charge in [-0.1, -0.05) is 52.3 Å². The van der Waals surface area contributed by atoms with Crippen molar-refractivity contribution in [3.63, 3.8) is 0 Å². The number of hydrogen-bond acceptors (Lipinski definition) is 2. The van der Waals surface area contributed by atoms with Crippen molar-refractivity contribution in [1.29, 1.82) is 0 Å². The third kappa shape index (κ3) is 2.80. The van der Waals surface area contributed by atoms with Gasteiger partial charge in [0, 0.05) is 10.0 Å². The molecule has 0 aliphatic carbocycles. The van der Waals surface area contributed by atoms with E-state index in [0.717, 1.165) is 26.4 Å². The molecule has 0 aromatic heterocycles. The first-order valence-corrected chi connectivity index (χ1v) is 7.48. The van der Waals surface area contributed by atoms with Crippen LogP contribution in [0.2, 0.25) is 0 Å². The van der Waals surface area contributed by atoms with E-state index in [9.17, 15) is 5.11 Å². The second-order valence-electron chi connectivity index (χ2n) is 4.90. The molecule has 0 spiro atoms. The minimum Gasteiger partial charge on any atom is -0.496 e. The lowest BCUT2D eigenvalue weighted by Gasteiger charge is -2.16. The maximum absolute atomic E-state index is 10.7. The summed E-state index contributed by atoms with van der Waals surface area (Å²) in [5, 5.41) is 13.0. The van der Waals surface area contributed by atoms with Gasteiger partial charge in [-0.3, -0.25) is 0 Å². The SMILES string of the molecule is COc1ccc(Br)cc1C(O)c1ccc2ccccc2c1. The highest BCUT2D eigenvalue weighted by Gasteiger charge is 2.16. The van der Waals surface area contributed by atoms with E-state index in [2.05, 4.69) is 22.0 Å². The number of aliphatic hydroxyl groups is 1. The summed E-state index contributed by atoms with van der Waals surface area (Å²) in [7, 11) is 1.61. The average molecular weight is 343 g/mol. The molecule has 0 bridgehead atoms. The molecule has 0 radical (unpaired) electrons. The molecular formula is C18H15BrO2. The maximum atomic E-state index is 10.7. The topological polar surface area (TPSA) is 29.5 Å². The predicted octanol–water partition coefficient (Wildman–Crippen LogP) is 4.69. The van der Waals surface area contributed by atoms with Crippen LogP contribution in [-0.4, -0.2) is 12.2 Å². The molecule has 0 heterocycles. The Morgan fingerprint density at radius 2 is 1.71 bits per heavy atom. The van der Waals surface area contributed by atoms with Crippen LogP contribution in [0.1, 0.15) is 17.2 Å². The molecule has 0 fully saturated rings. The Labute approximate surface area is 132 Å². The summed E-state index contributed by atoms with van der Waals surface area (Å²) in [6, 6.07) is 19.7. The Kier molecular flexibility index (Phi) is 3.95. The van der Waals surface area contributed by atoms with Gasteiger partial charge in [-0.2, -0.15) is 0 Å². The fraction of sp³-hybridized carbons (Fsp3) is 0.111. The summed E-state index contributed by atoms with van der Waals surface area (Å²) in [4.78, 5) is 0. The smallest absolute Gasteiger partial charge is 0.125 e. The third-order valence-corrected chi connectivity index (χ3v) is 4.07. The molecule has 0 saturated carbocycles. The fourth-order valence-corrected chi connectivity index (χ4v) is 2.86. The highest BCUT2D eigenvalue weighted by atomic mass is 79.9. The molecule has 0 saturated heterocycles. The van der Waals surface area contributed by atoms with Gasteiger partial charge >= 0.3 is 0 Å². The van der Waals surface area contributed by atoms with Gasteiger partial charge in [0.25, 0.3) is 0 Å². The average Bonchev–Trinajstić information content (AvgIpc) is 2.53. The third-order valence-electron chi connectivity index (χ3n) is 3.58. The Bertz CT molecular complexity index is 783. The van der Waals surface area contributed by atoms with Crippen molar-refractivity contribution in [2.24, 2.45) is 0 Å². The quantitative estimate of drug-likeness (QED) is 0.747. The van der Waals surface area contributed by atoms with Crippen LogP contribution in [0.4, 0.5) is 0 Å². The van der Waals surface area contributed by atoms with Gasteiger partial charge in [0.1, 0.15) is 11.9 Å². The Morgan fingerprint density at radius 1 is 0.952 bits per heavy atom. The second-order valence-corrected chi connectivity index (χ2v) is 5.81. The molecule has 3 aromatic carbocycles. The molecule has 1 N–H and O–H groups in total. The lowest BCUT2D eigenvalue weighted by Crippen LogP contribution is -2.02. The first-order valence-electron chi connectivity index (χ1n) is 6.69. The van der Waals surface area contributed by atoms with Crippen molar-refractivity contribution in [2.75, 3.05) is 7.11 Å². The Balaban J connectivity index is 2.07. The zero-order valence-electron chi connectivity index (χ0n) is 11.6. The Hall–Kier alpha value is -1.84. The maximum Gasteiger partial charge on any atom is 0.125 e. The van der Waals surface area contributed by atoms with Gasteiger partial charge in [0.2, 0.25) is 0 Å². The number of aliphatic hydroxyl groups excluding tert-OH is 1. The van der Waals surface area contributed by atoms with Crippen molar-refractivity contribution >= 4 is 26.7 Å². The van der Waals surface area contributed by atoms with Gasteiger partial charge in [0.15, 0.2) is 0 Å². The van der Waals surface area contributed by atoms with Crippen LogP contribution in [-0.2, 0) is 0 Å². The monoisotopic (exact) mass is 342 g/mol. The highest BCUT2D eigenvalue weighted by Crippen LogP contribution is 2.33. The molecule has 3 rings (SSSR count). The number of rotatable bonds is 3. The van der Waals surface area contributed by atoms with Crippen LogP contribution < -0.4 is 4.74 Å². The number of methoxy groups -OCH3 is 1. The van der Waals surface area contributed by atoms with Gasteiger partial charge in [-0.05, 0) is 40.6 Å². The standard InChI is InChI=1S/C18H15BrO2/c1-21-17-9-8-15(19)11-16(17)18(20)14-7-6-12-4-2-3-5-13(12)10-14/h2-11,18,20H,1H3. The summed E-state index contributed by atoms with van der Waals surface area (Å²) >= 11 is 3.44. The van der Waals surface area contributed by atoms with Crippen molar-refractivity contribution in [3.05, 3.63) is 76.3 Å². The summed E-state index contributed by atoms with van der Waals surface area (Å²) in [6.45, 7) is 0. The minimum absolute atomic E-state index is 0.679. The Morgan fingerprint density at radius 3 is 2.48 bits per heavy atom. The van der Waals surface area contributed by atoms with E-state index in [4.69, 9.17) is 4.74 Å². The first-order chi connectivity index (χ1) is 10.2. The molecule has 106 valence electrons. The molecule has 0 aliphatic heterocycles. The number of ether oxygens (including phenoxy) is 1. The van der Waals surface area contributed by atoms with E-state index in [0.29, 0.717) is 5.75 Å². The number of hydrogen-bond donors (Lipinski definition) is 1. The van der Waals surface area contributed by atoms with E-state index in [1.165, 1.54) is 0 Å². The normalized spacial score (nSPS) is 12.3. The van der Waals surface area contributed by atoms with E-state index >= 15 is 0 Å². The lowest BCUT2D eigenvalue weighted by molar-refractivity contribution is 0.215. The van der Waals surface area contributed by atoms with E-state index < -0.39 is 6.10 Å². The lowest BCUT2D eigenvalue weighted by atomic mass is 9.98. The number of benzene rings is 3. The van der Waals surface area contributed by atoms with Gasteiger partial charge < -0.3 is 9.84 Å². The summed E-state index contributed by atoms with van der Waals surface area (Å²) in [5.41, 5.74) is 1.60. The molecule has 3 heteroatoms. The molecular weight excluding hydrogens is 328 g/mol. The summed E-state index contributed by atoms with van der Waals surface area (Å²) in [5.74, 6) is 0.679. The molecule has 3 aromatic rings. The molecule has 2 nitrogen and oxygen atoms in total. The van der Waals surface area contributed by atoms with Crippen LogP contribution in [0.15, 0.2) is 65.1 Å². The minimum atomic E-state index is -0.720. The second kappa shape index (κ2) is 5.88. The highest BCUT2D eigenvalue weighted by molar-refractivity contribution is 9.10. The van der Waals surface area contributed by atoms with Gasteiger partial charge in [-0.15, -0.1) is 0 Å². The van der Waals surface area contributed by atoms with Crippen LogP contribution in [0, 0.1) is 0 Å². The summed E-state index contributed by atoms with van der Waals surface area (Å²) < 4.78 is 6.26. The fourth-order valence-electron chi connectivity index (χ4n) is 2.48. The zero-order valence-corrected chi connectivity index (χ0v) is 13.2. The first kappa shape index (κ1) is 14.1. The zero-order chi connectivity index (χ0) is 14.8. The summed E-state index contributed by atoms with van der Waals surface area (Å²) in [6.07, 6.45) is -0.720. The number of fused-ring (bicyclic) bond motifs is 1. The van der Waals surface area contributed by atoms with Crippen molar-refractivity contribution in [1.82, 2.24) is 0 Å². The van der Waals surface area contributed by atoms with E-state index in [1.807, 2.05) is 54.6 Å². The largest absolute Gasteiger partial charge is 0.496 e. The van der Waals surface area contributed by atoms with Crippen molar-refractivity contribution < 1.29 is 9.84 Å². The molecule has 0 amide bonds. The van der Waals surface area contributed by atoms with Crippen LogP contribution in [0.5, 0.6) is 5.75 Å². The molecule has 1 unspecified atom stereocenters. The van der Waals surface area contributed by atoms with Crippen LogP contribution >= 0.6 is 15.9 Å². The van der Waals surface area contributed by atoms with Crippen molar-refractivity contribution in [3.8, 4) is 5.75 Å². The van der Waals surface area contributed by atoms with E-state index in [-0.39, 0.29) is 0 Å². The van der Waals surface area contributed by atoms with Crippen molar-refractivity contribution in [2.45, 2.75) is 6.10 Å². The molecule has 1 atom stereocenters.